The Labute approximate surface area is 149 Å². The molecule has 0 spiro atoms. The Morgan fingerprint density at radius 2 is 1.84 bits per heavy atom. The highest BCUT2D eigenvalue weighted by molar-refractivity contribution is 5.84. The predicted octanol–water partition coefficient (Wildman–Crippen LogP) is 3.06. The van der Waals surface area contributed by atoms with Gasteiger partial charge in [0.05, 0.1) is 7.11 Å². The maximum Gasteiger partial charge on any atom is 0.411 e. The number of carbonyl (C=O) groups excluding carboxylic acids is 1. The number of rotatable bonds is 3. The van der Waals surface area contributed by atoms with Gasteiger partial charge < -0.3 is 15.0 Å². The Morgan fingerprint density at radius 3 is 2.40 bits per heavy atom. The summed E-state index contributed by atoms with van der Waals surface area (Å²) in [5.41, 5.74) is 1.87. The summed E-state index contributed by atoms with van der Waals surface area (Å²) in [5.74, 6) is 2.68. The fourth-order valence-electron chi connectivity index (χ4n) is 3.97. The van der Waals surface area contributed by atoms with E-state index in [1.165, 1.54) is 32.8 Å². The number of amides is 1. The number of methoxy groups -OCH3 is 1. The number of nitrogens with zero attached hydrogens (tertiary/aromatic N) is 2. The van der Waals surface area contributed by atoms with Gasteiger partial charge >= 0.3 is 6.09 Å². The lowest BCUT2D eigenvalue weighted by atomic mass is 9.82. The van der Waals surface area contributed by atoms with Crippen molar-refractivity contribution in [3.8, 4) is 0 Å². The summed E-state index contributed by atoms with van der Waals surface area (Å²) < 4.78 is 4.59. The third kappa shape index (κ3) is 4.44. The maximum absolute atomic E-state index is 11.2. The first-order valence-corrected chi connectivity index (χ1v) is 9.09. The van der Waals surface area contributed by atoms with Crippen molar-refractivity contribution in [2.45, 2.75) is 32.2 Å². The van der Waals surface area contributed by atoms with Crippen LogP contribution in [0.5, 0.6) is 0 Å². The minimum absolute atomic E-state index is 0.457. The zero-order valence-corrected chi connectivity index (χ0v) is 15.1. The number of guanidine groups is 1. The molecule has 0 radical (unpaired) electrons. The number of ether oxygens (including phenoxy) is 1. The van der Waals surface area contributed by atoms with Crippen LogP contribution < -0.4 is 10.6 Å². The predicted molar refractivity (Wildman–Crippen MR) is 99.7 cm³/mol. The van der Waals surface area contributed by atoms with Crippen LogP contribution in [0.1, 0.15) is 31.2 Å². The second-order valence-electron chi connectivity index (χ2n) is 6.92. The van der Waals surface area contributed by atoms with Crippen molar-refractivity contribution in [1.29, 1.82) is 0 Å². The number of nitrogens with one attached hydrogen (secondary N) is 2. The molecule has 1 amide bonds. The highest BCUT2D eigenvalue weighted by atomic mass is 16.5. The normalized spacial score (nSPS) is 23.1. The Balaban J connectivity index is 1.52. The standard InChI is InChI=1S/C19H28N4O2/c1-20-18(23-12-15-5-3-4-6-16(15)13-23)21-11-14-7-9-17(10-8-14)22-19(24)25-2/h7-10,15-16H,3-6,11-13H2,1-2H3,(H,20,21)(H,22,24). The zero-order valence-electron chi connectivity index (χ0n) is 15.1. The van der Waals surface area contributed by atoms with Crippen LogP contribution in [0.4, 0.5) is 10.5 Å². The van der Waals surface area contributed by atoms with Crippen LogP contribution in [0.3, 0.4) is 0 Å². The Bertz CT molecular complexity index is 600. The number of fused-ring (bicyclic) bond motifs is 1. The van der Waals surface area contributed by atoms with Crippen molar-refractivity contribution in [2.75, 3.05) is 32.6 Å². The van der Waals surface area contributed by atoms with E-state index < -0.39 is 6.09 Å². The summed E-state index contributed by atoms with van der Waals surface area (Å²) in [5, 5.41) is 6.13. The second-order valence-corrected chi connectivity index (χ2v) is 6.92. The van der Waals surface area contributed by atoms with Gasteiger partial charge in [-0.2, -0.15) is 0 Å². The van der Waals surface area contributed by atoms with Crippen LogP contribution in [0.25, 0.3) is 0 Å². The molecule has 0 bridgehead atoms. The summed E-state index contributed by atoms with van der Waals surface area (Å²) >= 11 is 0. The number of carbonyl (C=O) groups is 1. The number of likely N-dealkylation sites (tertiary alicyclic amines) is 1. The van der Waals surface area contributed by atoms with Crippen LogP contribution in [0.2, 0.25) is 0 Å². The number of benzene rings is 1. The van der Waals surface area contributed by atoms with Crippen molar-refractivity contribution >= 4 is 17.7 Å². The minimum atomic E-state index is -0.457. The zero-order chi connectivity index (χ0) is 17.6. The summed E-state index contributed by atoms with van der Waals surface area (Å²) in [7, 11) is 3.21. The molecule has 1 aliphatic carbocycles. The van der Waals surface area contributed by atoms with Gasteiger partial charge in [-0.1, -0.05) is 25.0 Å². The van der Waals surface area contributed by atoms with Crippen molar-refractivity contribution in [3.05, 3.63) is 29.8 Å². The monoisotopic (exact) mass is 344 g/mol. The van der Waals surface area contributed by atoms with Crippen LogP contribution in [0, 0.1) is 11.8 Å². The van der Waals surface area contributed by atoms with Crippen LogP contribution in [-0.4, -0.2) is 44.2 Å². The molecule has 0 aromatic heterocycles. The summed E-state index contributed by atoms with van der Waals surface area (Å²) in [4.78, 5) is 18.1. The third-order valence-electron chi connectivity index (χ3n) is 5.32. The van der Waals surface area contributed by atoms with Gasteiger partial charge in [-0.05, 0) is 42.4 Å². The van der Waals surface area contributed by atoms with E-state index in [1.54, 1.807) is 0 Å². The summed E-state index contributed by atoms with van der Waals surface area (Å²) in [6, 6.07) is 7.74. The molecular formula is C19H28N4O2. The second kappa shape index (κ2) is 8.23. The minimum Gasteiger partial charge on any atom is -0.453 e. The molecule has 136 valence electrons. The Hall–Kier alpha value is -2.24. The molecule has 2 aliphatic rings. The molecule has 6 nitrogen and oxygen atoms in total. The molecule has 2 fully saturated rings. The van der Waals surface area contributed by atoms with Gasteiger partial charge in [-0.3, -0.25) is 10.3 Å². The van der Waals surface area contributed by atoms with E-state index in [0.717, 1.165) is 48.7 Å². The number of hydrogen-bond acceptors (Lipinski definition) is 3. The average molecular weight is 344 g/mol. The molecule has 2 unspecified atom stereocenters. The third-order valence-corrected chi connectivity index (χ3v) is 5.32. The fourth-order valence-corrected chi connectivity index (χ4v) is 3.97. The molecule has 1 saturated carbocycles. The summed E-state index contributed by atoms with van der Waals surface area (Å²) in [6.45, 7) is 2.98. The van der Waals surface area contributed by atoms with Crippen molar-refractivity contribution in [1.82, 2.24) is 10.2 Å². The van der Waals surface area contributed by atoms with Crippen LogP contribution in [0.15, 0.2) is 29.3 Å². The van der Waals surface area contributed by atoms with E-state index >= 15 is 0 Å². The quantitative estimate of drug-likeness (QED) is 0.653. The Kier molecular flexibility index (Phi) is 5.79. The first-order valence-electron chi connectivity index (χ1n) is 9.09. The molecule has 2 atom stereocenters. The van der Waals surface area contributed by atoms with Gasteiger partial charge in [0.15, 0.2) is 5.96 Å². The SMILES string of the molecule is CN=C(NCc1ccc(NC(=O)OC)cc1)N1CC2CCCCC2C1. The first-order chi connectivity index (χ1) is 12.2. The maximum atomic E-state index is 11.2. The number of hydrogen-bond donors (Lipinski definition) is 2. The van der Waals surface area contributed by atoms with E-state index in [0.29, 0.717) is 0 Å². The first kappa shape index (κ1) is 17.6. The van der Waals surface area contributed by atoms with Crippen molar-refractivity contribution < 1.29 is 9.53 Å². The van der Waals surface area contributed by atoms with Gasteiger partial charge in [0.25, 0.3) is 0 Å². The largest absolute Gasteiger partial charge is 0.453 e. The highest BCUT2D eigenvalue weighted by Gasteiger charge is 2.35. The lowest BCUT2D eigenvalue weighted by molar-refractivity contribution is 0.187. The molecule has 1 heterocycles. The van der Waals surface area contributed by atoms with E-state index in [1.807, 2.05) is 31.3 Å². The van der Waals surface area contributed by atoms with E-state index in [2.05, 4.69) is 25.3 Å². The highest BCUT2D eigenvalue weighted by Crippen LogP contribution is 2.35. The van der Waals surface area contributed by atoms with Crippen LogP contribution >= 0.6 is 0 Å². The smallest absolute Gasteiger partial charge is 0.411 e. The van der Waals surface area contributed by atoms with Crippen LogP contribution in [-0.2, 0) is 11.3 Å². The molecule has 6 heteroatoms. The Morgan fingerprint density at radius 1 is 1.20 bits per heavy atom. The molecule has 1 aliphatic heterocycles. The van der Waals surface area contributed by atoms with Gasteiger partial charge in [0, 0.05) is 32.4 Å². The molecular weight excluding hydrogens is 316 g/mol. The molecule has 25 heavy (non-hydrogen) atoms. The van der Waals surface area contributed by atoms with E-state index in [9.17, 15) is 4.79 Å². The lowest BCUT2D eigenvalue weighted by Gasteiger charge is -2.22. The van der Waals surface area contributed by atoms with E-state index in [-0.39, 0.29) is 0 Å². The topological polar surface area (TPSA) is 66.0 Å². The van der Waals surface area contributed by atoms with Crippen molar-refractivity contribution in [2.24, 2.45) is 16.8 Å². The number of aliphatic imine (C=N–C) groups is 1. The van der Waals surface area contributed by atoms with Gasteiger partial charge in [0.1, 0.15) is 0 Å². The van der Waals surface area contributed by atoms with Gasteiger partial charge in [0.2, 0.25) is 0 Å². The number of anilines is 1. The lowest BCUT2D eigenvalue weighted by Crippen LogP contribution is -2.39. The van der Waals surface area contributed by atoms with Crippen molar-refractivity contribution in [3.63, 3.8) is 0 Å². The molecule has 1 aromatic rings. The molecule has 3 rings (SSSR count). The van der Waals surface area contributed by atoms with E-state index in [4.69, 9.17) is 0 Å². The van der Waals surface area contributed by atoms with Gasteiger partial charge in [-0.25, -0.2) is 4.79 Å². The molecule has 1 aromatic carbocycles. The summed E-state index contributed by atoms with van der Waals surface area (Å²) in [6.07, 6.45) is 5.04. The average Bonchev–Trinajstić information content (AvgIpc) is 3.07. The molecule has 2 N–H and O–H groups in total. The van der Waals surface area contributed by atoms with Gasteiger partial charge in [-0.15, -0.1) is 0 Å². The molecule has 1 saturated heterocycles. The fraction of sp³-hybridized carbons (Fsp3) is 0.579.